The summed E-state index contributed by atoms with van der Waals surface area (Å²) in [7, 11) is -3.77. The van der Waals surface area contributed by atoms with E-state index in [9.17, 15) is 21.6 Å². The second-order valence-corrected chi connectivity index (χ2v) is 7.52. The van der Waals surface area contributed by atoms with E-state index in [1.54, 1.807) is 18.2 Å². The van der Waals surface area contributed by atoms with Crippen LogP contribution in [0.5, 0.6) is 0 Å². The van der Waals surface area contributed by atoms with Gasteiger partial charge in [0.1, 0.15) is 0 Å². The van der Waals surface area contributed by atoms with Gasteiger partial charge in [0.15, 0.2) is 5.82 Å². The van der Waals surface area contributed by atoms with Gasteiger partial charge in [0.25, 0.3) is 10.0 Å². The fourth-order valence-corrected chi connectivity index (χ4v) is 3.32. The van der Waals surface area contributed by atoms with Crippen molar-refractivity contribution in [2.24, 2.45) is 0 Å². The van der Waals surface area contributed by atoms with E-state index < -0.39 is 22.1 Å². The number of nitrogens with one attached hydrogen (secondary N) is 1. The van der Waals surface area contributed by atoms with Gasteiger partial charge in [-0.3, -0.25) is 4.72 Å². The van der Waals surface area contributed by atoms with Crippen LogP contribution in [0.1, 0.15) is 22.8 Å². The summed E-state index contributed by atoms with van der Waals surface area (Å²) in [5.74, 6) is -1.68. The first-order chi connectivity index (χ1) is 13.1. The van der Waals surface area contributed by atoms with Crippen molar-refractivity contribution in [1.82, 2.24) is 10.1 Å². The minimum Gasteiger partial charge on any atom is -0.329 e. The minimum absolute atomic E-state index is 0.0464. The fourth-order valence-electron chi connectivity index (χ4n) is 2.27. The highest BCUT2D eigenvalue weighted by molar-refractivity contribution is 7.92. The van der Waals surface area contributed by atoms with Crippen molar-refractivity contribution in [1.29, 1.82) is 0 Å². The van der Waals surface area contributed by atoms with Gasteiger partial charge in [0, 0.05) is 5.69 Å². The maximum atomic E-state index is 12.4. The number of benzene rings is 2. The molecule has 28 heavy (non-hydrogen) atoms. The lowest BCUT2D eigenvalue weighted by molar-refractivity contribution is -0.159. The van der Waals surface area contributed by atoms with Crippen LogP contribution in [0.25, 0.3) is 12.2 Å². The molecule has 0 atom stereocenters. The van der Waals surface area contributed by atoms with E-state index in [0.717, 1.165) is 5.56 Å². The zero-order valence-electron chi connectivity index (χ0n) is 14.4. The number of aryl methyl sites for hydroxylation is 1. The average Bonchev–Trinajstić information content (AvgIpc) is 3.09. The van der Waals surface area contributed by atoms with E-state index in [0.29, 0.717) is 11.3 Å². The maximum absolute atomic E-state index is 12.4. The van der Waals surface area contributed by atoms with Crippen LogP contribution in [0.2, 0.25) is 0 Å². The summed E-state index contributed by atoms with van der Waals surface area (Å²) >= 11 is 0. The van der Waals surface area contributed by atoms with Gasteiger partial charge in [-0.1, -0.05) is 35.5 Å². The smallest absolute Gasteiger partial charge is 0.329 e. The number of nitrogens with zero attached hydrogens (tertiary/aromatic N) is 2. The van der Waals surface area contributed by atoms with Gasteiger partial charge >= 0.3 is 12.1 Å². The number of sulfonamides is 1. The van der Waals surface area contributed by atoms with E-state index >= 15 is 0 Å². The van der Waals surface area contributed by atoms with Crippen molar-refractivity contribution in [3.8, 4) is 0 Å². The maximum Gasteiger partial charge on any atom is 0.471 e. The summed E-state index contributed by atoms with van der Waals surface area (Å²) in [6.07, 6.45) is -2.04. The van der Waals surface area contributed by atoms with Crippen LogP contribution in [0.4, 0.5) is 18.9 Å². The molecule has 0 radical (unpaired) electrons. The molecule has 0 aliphatic carbocycles. The third kappa shape index (κ3) is 4.77. The highest BCUT2D eigenvalue weighted by Gasteiger charge is 2.38. The van der Waals surface area contributed by atoms with Gasteiger partial charge in [-0.05, 0) is 48.4 Å². The van der Waals surface area contributed by atoms with Crippen LogP contribution in [0, 0.1) is 6.92 Å². The zero-order valence-corrected chi connectivity index (χ0v) is 15.3. The monoisotopic (exact) mass is 409 g/mol. The fraction of sp³-hybridized carbons (Fsp3) is 0.111. The minimum atomic E-state index is -4.71. The Hall–Kier alpha value is -3.14. The van der Waals surface area contributed by atoms with Crippen LogP contribution in [-0.4, -0.2) is 18.6 Å². The van der Waals surface area contributed by atoms with Crippen molar-refractivity contribution >= 4 is 27.9 Å². The third-order valence-electron chi connectivity index (χ3n) is 3.57. The Morgan fingerprint density at radius 2 is 1.79 bits per heavy atom. The van der Waals surface area contributed by atoms with Crippen molar-refractivity contribution in [2.75, 3.05) is 4.72 Å². The predicted molar refractivity (Wildman–Crippen MR) is 96.7 cm³/mol. The lowest BCUT2D eigenvalue weighted by Gasteiger charge is -2.08. The second kappa shape index (κ2) is 7.47. The molecule has 0 saturated carbocycles. The lowest BCUT2D eigenvalue weighted by Crippen LogP contribution is -2.12. The van der Waals surface area contributed by atoms with Gasteiger partial charge in [-0.15, -0.1) is 0 Å². The number of alkyl halides is 3. The molecule has 0 amide bonds. The highest BCUT2D eigenvalue weighted by atomic mass is 32.2. The van der Waals surface area contributed by atoms with Crippen molar-refractivity contribution in [3.63, 3.8) is 0 Å². The van der Waals surface area contributed by atoms with Crippen LogP contribution >= 0.6 is 0 Å². The van der Waals surface area contributed by atoms with E-state index in [-0.39, 0.29) is 10.7 Å². The van der Waals surface area contributed by atoms with Crippen LogP contribution in [-0.2, 0) is 16.2 Å². The summed E-state index contributed by atoms with van der Waals surface area (Å²) in [6.45, 7) is 1.85. The van der Waals surface area contributed by atoms with Gasteiger partial charge < -0.3 is 4.52 Å². The summed E-state index contributed by atoms with van der Waals surface area (Å²) in [4.78, 5) is 3.26. The molecular formula is C18H14F3N3O3S. The number of anilines is 1. The van der Waals surface area contributed by atoms with Crippen molar-refractivity contribution < 1.29 is 26.1 Å². The lowest BCUT2D eigenvalue weighted by atomic mass is 10.2. The summed E-state index contributed by atoms with van der Waals surface area (Å²) in [5, 5.41) is 3.21. The molecule has 1 aromatic heterocycles. The molecule has 0 saturated heterocycles. The van der Waals surface area contributed by atoms with Crippen LogP contribution in [0.3, 0.4) is 0 Å². The quantitative estimate of drug-likeness (QED) is 0.677. The first-order valence-corrected chi connectivity index (χ1v) is 9.40. The first kappa shape index (κ1) is 19.6. The molecule has 3 aromatic rings. The Morgan fingerprint density at radius 1 is 1.07 bits per heavy atom. The molecule has 1 heterocycles. The molecule has 0 unspecified atom stereocenters. The predicted octanol–water partition coefficient (Wildman–Crippen LogP) is 4.37. The largest absolute Gasteiger partial charge is 0.471 e. The Balaban J connectivity index is 1.73. The van der Waals surface area contributed by atoms with Gasteiger partial charge in [-0.25, -0.2) is 8.42 Å². The molecule has 6 nitrogen and oxygen atoms in total. The molecule has 0 aliphatic heterocycles. The third-order valence-corrected chi connectivity index (χ3v) is 4.97. The molecule has 0 bridgehead atoms. The topological polar surface area (TPSA) is 85.1 Å². The molecular weight excluding hydrogens is 395 g/mol. The van der Waals surface area contributed by atoms with E-state index in [1.807, 2.05) is 13.0 Å². The number of hydrogen-bond donors (Lipinski definition) is 1. The van der Waals surface area contributed by atoms with Crippen LogP contribution in [0.15, 0.2) is 57.9 Å². The van der Waals surface area contributed by atoms with E-state index in [4.69, 9.17) is 0 Å². The van der Waals surface area contributed by atoms with Gasteiger partial charge in [-0.2, -0.15) is 18.2 Å². The SMILES string of the molecule is Cc1cccc(NS(=O)(=O)c2ccc(/C=C/c3noc(C(F)(F)F)n3)cc2)c1. The number of aromatic nitrogens is 2. The molecule has 3 rings (SSSR count). The molecule has 0 fully saturated rings. The molecule has 0 spiro atoms. The second-order valence-electron chi connectivity index (χ2n) is 5.83. The van der Waals surface area contributed by atoms with Crippen molar-refractivity contribution in [2.45, 2.75) is 18.0 Å². The Kier molecular flexibility index (Phi) is 5.23. The molecule has 10 heteroatoms. The molecule has 1 N–H and O–H groups in total. The number of hydrogen-bond acceptors (Lipinski definition) is 5. The Bertz CT molecular complexity index is 1100. The number of rotatable bonds is 5. The van der Waals surface area contributed by atoms with Gasteiger partial charge in [0.2, 0.25) is 0 Å². The summed E-state index contributed by atoms with van der Waals surface area (Å²) in [6, 6.07) is 12.7. The van der Waals surface area contributed by atoms with E-state index in [2.05, 4.69) is 19.4 Å². The zero-order chi connectivity index (χ0) is 20.4. The Morgan fingerprint density at radius 3 is 2.39 bits per heavy atom. The van der Waals surface area contributed by atoms with Crippen LogP contribution < -0.4 is 4.72 Å². The first-order valence-electron chi connectivity index (χ1n) is 7.92. The Labute approximate surface area is 158 Å². The molecule has 0 aliphatic rings. The summed E-state index contributed by atoms with van der Waals surface area (Å²) in [5.41, 5.74) is 1.91. The standard InChI is InChI=1S/C18H14F3N3O3S/c1-12-3-2-4-14(11-12)24-28(25,26)15-8-5-13(6-9-15)7-10-16-22-17(27-23-16)18(19,20)21/h2-11,24H,1H3/b10-7+. The van der Waals surface area contributed by atoms with Gasteiger partial charge in [0.05, 0.1) is 4.90 Å². The summed E-state index contributed by atoms with van der Waals surface area (Å²) < 4.78 is 68.7. The molecule has 146 valence electrons. The molecule has 2 aromatic carbocycles. The highest BCUT2D eigenvalue weighted by Crippen LogP contribution is 2.27. The normalized spacial score (nSPS) is 12.4. The van der Waals surface area contributed by atoms with Crippen molar-refractivity contribution in [3.05, 3.63) is 71.4 Å². The van der Waals surface area contributed by atoms with E-state index in [1.165, 1.54) is 36.4 Å². The average molecular weight is 409 g/mol. The number of halogens is 3.